The van der Waals surface area contributed by atoms with Crippen LogP contribution in [0.4, 0.5) is 5.69 Å². The number of nitrogens with zero attached hydrogens (tertiary/aromatic N) is 1. The zero-order chi connectivity index (χ0) is 11.2. The molecule has 0 aromatic heterocycles. The number of hydrogen-bond acceptors (Lipinski definition) is 2. The summed E-state index contributed by atoms with van der Waals surface area (Å²) >= 11 is 0. The van der Waals surface area contributed by atoms with Gasteiger partial charge in [0, 0.05) is 31.9 Å². The van der Waals surface area contributed by atoms with Gasteiger partial charge in [0.2, 0.25) is 0 Å². The quantitative estimate of drug-likeness (QED) is 0.734. The van der Waals surface area contributed by atoms with Crippen LogP contribution in [0.3, 0.4) is 0 Å². The van der Waals surface area contributed by atoms with E-state index < -0.39 is 0 Å². The molecule has 0 amide bonds. The van der Waals surface area contributed by atoms with Gasteiger partial charge in [-0.1, -0.05) is 24.6 Å². The summed E-state index contributed by atoms with van der Waals surface area (Å²) < 4.78 is 0. The maximum Gasteiger partial charge on any atom is 0.0447 e. The molecule has 0 bridgehead atoms. The van der Waals surface area contributed by atoms with Gasteiger partial charge in [-0.25, -0.2) is 0 Å². The summed E-state index contributed by atoms with van der Waals surface area (Å²) in [5.41, 5.74) is 4.76. The third-order valence-electron chi connectivity index (χ3n) is 4.85. The molecule has 90 valence electrons. The van der Waals surface area contributed by atoms with Gasteiger partial charge >= 0.3 is 0 Å². The predicted octanol–water partition coefficient (Wildman–Crippen LogP) is 2.49. The molecule has 1 aliphatic carbocycles. The Bertz CT molecular complexity index is 441. The van der Waals surface area contributed by atoms with Gasteiger partial charge in [0.25, 0.3) is 0 Å². The molecule has 1 aromatic rings. The van der Waals surface area contributed by atoms with Crippen molar-refractivity contribution in [3.05, 3.63) is 29.3 Å². The Hall–Kier alpha value is -1.02. The van der Waals surface area contributed by atoms with E-state index >= 15 is 0 Å². The Morgan fingerprint density at radius 2 is 2.24 bits per heavy atom. The first-order chi connectivity index (χ1) is 8.43. The first kappa shape index (κ1) is 9.95. The fraction of sp³-hybridized carbons (Fsp3) is 0.600. The van der Waals surface area contributed by atoms with E-state index in [4.69, 9.17) is 0 Å². The summed E-state index contributed by atoms with van der Waals surface area (Å²) in [5.74, 6) is 1.79. The van der Waals surface area contributed by atoms with E-state index in [0.717, 1.165) is 24.9 Å². The average Bonchev–Trinajstić information content (AvgIpc) is 2.73. The van der Waals surface area contributed by atoms with Gasteiger partial charge in [-0.3, -0.25) is 0 Å². The van der Waals surface area contributed by atoms with Crippen LogP contribution in [0, 0.1) is 5.92 Å². The summed E-state index contributed by atoms with van der Waals surface area (Å²) in [7, 11) is 0. The molecule has 0 spiro atoms. The SMILES string of the molecule is c1cc2c3c(c1)[C@H]1CCC[C@H]1CN3CCNC2. The number of rotatable bonds is 0. The Morgan fingerprint density at radius 1 is 1.24 bits per heavy atom. The monoisotopic (exact) mass is 228 g/mol. The zero-order valence-corrected chi connectivity index (χ0v) is 10.3. The molecule has 17 heavy (non-hydrogen) atoms. The lowest BCUT2D eigenvalue weighted by Crippen LogP contribution is -2.38. The maximum absolute atomic E-state index is 3.55. The standard InChI is InChI=1S/C15H20N2/c1-3-11-9-16-7-8-17-10-12-4-2-5-13(12)14(6-1)15(11)17/h1,3,6,12-13,16H,2,4-5,7-10H2/t12-,13-/m0/s1. The lowest BCUT2D eigenvalue weighted by atomic mass is 9.82. The highest BCUT2D eigenvalue weighted by atomic mass is 15.2. The average molecular weight is 228 g/mol. The highest BCUT2D eigenvalue weighted by Crippen LogP contribution is 2.48. The fourth-order valence-corrected chi connectivity index (χ4v) is 4.12. The van der Waals surface area contributed by atoms with Crippen LogP contribution in [0.5, 0.6) is 0 Å². The van der Waals surface area contributed by atoms with E-state index in [2.05, 4.69) is 28.4 Å². The zero-order valence-electron chi connectivity index (χ0n) is 10.3. The molecule has 0 saturated heterocycles. The van der Waals surface area contributed by atoms with Crippen molar-refractivity contribution in [3.63, 3.8) is 0 Å². The molecule has 3 aliphatic rings. The van der Waals surface area contributed by atoms with Crippen molar-refractivity contribution in [2.24, 2.45) is 5.92 Å². The van der Waals surface area contributed by atoms with E-state index in [1.165, 1.54) is 37.9 Å². The molecular weight excluding hydrogens is 208 g/mol. The smallest absolute Gasteiger partial charge is 0.0447 e. The molecule has 1 saturated carbocycles. The molecule has 4 rings (SSSR count). The molecule has 0 unspecified atom stereocenters. The van der Waals surface area contributed by atoms with Crippen molar-refractivity contribution in [2.45, 2.75) is 31.7 Å². The molecule has 1 N–H and O–H groups in total. The molecular formula is C15H20N2. The number of nitrogens with one attached hydrogen (secondary N) is 1. The van der Waals surface area contributed by atoms with Crippen molar-refractivity contribution in [2.75, 3.05) is 24.5 Å². The molecule has 2 aliphatic heterocycles. The number of anilines is 1. The van der Waals surface area contributed by atoms with Crippen molar-refractivity contribution < 1.29 is 0 Å². The molecule has 2 heterocycles. The van der Waals surface area contributed by atoms with E-state index in [1.54, 1.807) is 11.3 Å². The molecule has 2 nitrogen and oxygen atoms in total. The van der Waals surface area contributed by atoms with Gasteiger partial charge in [-0.2, -0.15) is 0 Å². The van der Waals surface area contributed by atoms with Crippen molar-refractivity contribution in [1.29, 1.82) is 0 Å². The molecule has 1 fully saturated rings. The van der Waals surface area contributed by atoms with Crippen LogP contribution in [0.15, 0.2) is 18.2 Å². The van der Waals surface area contributed by atoms with Gasteiger partial charge < -0.3 is 10.2 Å². The normalized spacial score (nSPS) is 30.7. The molecule has 0 radical (unpaired) electrons. The minimum Gasteiger partial charge on any atom is -0.369 e. The van der Waals surface area contributed by atoms with Crippen LogP contribution in [-0.4, -0.2) is 19.6 Å². The first-order valence-electron chi connectivity index (χ1n) is 7.01. The Morgan fingerprint density at radius 3 is 3.24 bits per heavy atom. The number of hydrogen-bond donors (Lipinski definition) is 1. The second-order valence-corrected chi connectivity index (χ2v) is 5.78. The maximum atomic E-state index is 3.55. The lowest BCUT2D eigenvalue weighted by molar-refractivity contribution is 0.454. The van der Waals surface area contributed by atoms with Crippen LogP contribution in [0.25, 0.3) is 0 Å². The van der Waals surface area contributed by atoms with E-state index in [-0.39, 0.29) is 0 Å². The largest absolute Gasteiger partial charge is 0.369 e. The number of para-hydroxylation sites is 1. The van der Waals surface area contributed by atoms with Gasteiger partial charge in [-0.05, 0) is 35.8 Å². The van der Waals surface area contributed by atoms with Gasteiger partial charge in [0.1, 0.15) is 0 Å². The van der Waals surface area contributed by atoms with Gasteiger partial charge in [0.05, 0.1) is 0 Å². The second-order valence-electron chi connectivity index (χ2n) is 5.78. The summed E-state index contributed by atoms with van der Waals surface area (Å²) in [6.45, 7) is 4.67. The van der Waals surface area contributed by atoms with Crippen LogP contribution >= 0.6 is 0 Å². The lowest BCUT2D eigenvalue weighted by Gasteiger charge is -2.38. The minimum atomic E-state index is 0.860. The fourth-order valence-electron chi connectivity index (χ4n) is 4.12. The summed E-state index contributed by atoms with van der Waals surface area (Å²) in [6, 6.07) is 6.96. The van der Waals surface area contributed by atoms with Crippen LogP contribution in [0.1, 0.15) is 36.3 Å². The highest BCUT2D eigenvalue weighted by molar-refractivity contribution is 5.64. The predicted molar refractivity (Wildman–Crippen MR) is 70.4 cm³/mol. The number of fused-ring (bicyclic) bond motifs is 2. The third kappa shape index (κ3) is 1.43. The Labute approximate surface area is 103 Å². The van der Waals surface area contributed by atoms with Crippen molar-refractivity contribution >= 4 is 5.69 Å². The minimum absolute atomic E-state index is 0.860. The topological polar surface area (TPSA) is 15.3 Å². The molecule has 2 atom stereocenters. The van der Waals surface area contributed by atoms with Crippen molar-refractivity contribution in [3.8, 4) is 0 Å². The van der Waals surface area contributed by atoms with Gasteiger partial charge in [-0.15, -0.1) is 0 Å². The van der Waals surface area contributed by atoms with Crippen LogP contribution < -0.4 is 10.2 Å². The van der Waals surface area contributed by atoms with Crippen molar-refractivity contribution in [1.82, 2.24) is 5.32 Å². The summed E-state index contributed by atoms with van der Waals surface area (Å²) in [4.78, 5) is 2.65. The van der Waals surface area contributed by atoms with E-state index in [1.807, 2.05) is 0 Å². The molecule has 1 aromatic carbocycles. The highest BCUT2D eigenvalue weighted by Gasteiger charge is 2.37. The van der Waals surface area contributed by atoms with Crippen LogP contribution in [0.2, 0.25) is 0 Å². The summed E-state index contributed by atoms with van der Waals surface area (Å²) in [5, 5.41) is 3.55. The summed E-state index contributed by atoms with van der Waals surface area (Å²) in [6.07, 6.45) is 4.30. The second kappa shape index (κ2) is 3.74. The van der Waals surface area contributed by atoms with E-state index in [0.29, 0.717) is 0 Å². The van der Waals surface area contributed by atoms with E-state index in [9.17, 15) is 0 Å². The molecule has 2 heteroatoms. The third-order valence-corrected chi connectivity index (χ3v) is 4.85. The Kier molecular flexibility index (Phi) is 2.19. The Balaban J connectivity index is 1.88. The number of benzene rings is 1. The van der Waals surface area contributed by atoms with Gasteiger partial charge in [0.15, 0.2) is 0 Å². The first-order valence-corrected chi connectivity index (χ1v) is 7.01. The van der Waals surface area contributed by atoms with Crippen LogP contribution in [-0.2, 0) is 6.54 Å².